The number of ether oxygens (including phenoxy) is 1. The highest BCUT2D eigenvalue weighted by Gasteiger charge is 2.16. The van der Waals surface area contributed by atoms with Crippen molar-refractivity contribution in [3.8, 4) is 11.1 Å². The van der Waals surface area contributed by atoms with Crippen molar-refractivity contribution in [2.45, 2.75) is 25.8 Å². The van der Waals surface area contributed by atoms with Crippen LogP contribution in [-0.4, -0.2) is 24.6 Å². The Labute approximate surface area is 141 Å². The van der Waals surface area contributed by atoms with Crippen LogP contribution in [0.5, 0.6) is 0 Å². The molecule has 0 saturated carbocycles. The van der Waals surface area contributed by atoms with Crippen LogP contribution in [0.1, 0.15) is 18.9 Å². The van der Waals surface area contributed by atoms with Crippen LogP contribution in [0.4, 0.5) is 4.79 Å². The lowest BCUT2D eigenvalue weighted by Gasteiger charge is -2.17. The van der Waals surface area contributed by atoms with Gasteiger partial charge in [-0.05, 0) is 30.0 Å². The summed E-state index contributed by atoms with van der Waals surface area (Å²) in [5.41, 5.74) is 8.46. The van der Waals surface area contributed by atoms with Gasteiger partial charge in [-0.3, -0.25) is 4.79 Å². The molecule has 0 saturated heterocycles. The molecule has 5 heteroatoms. The zero-order valence-electron chi connectivity index (χ0n) is 13.7. The van der Waals surface area contributed by atoms with Gasteiger partial charge in [0, 0.05) is 6.04 Å². The van der Waals surface area contributed by atoms with Gasteiger partial charge in [-0.25, -0.2) is 4.79 Å². The van der Waals surface area contributed by atoms with Crippen molar-refractivity contribution in [2.24, 2.45) is 5.73 Å². The zero-order chi connectivity index (χ0) is 17.4. The van der Waals surface area contributed by atoms with Crippen molar-refractivity contribution >= 4 is 12.0 Å². The molecule has 0 aliphatic heterocycles. The molecule has 2 aromatic carbocycles. The molecule has 2 amide bonds. The monoisotopic (exact) mass is 326 g/mol. The average molecular weight is 326 g/mol. The molecule has 0 bridgehead atoms. The number of carbonyl (C=O) groups is 2. The van der Waals surface area contributed by atoms with Gasteiger partial charge in [-0.1, -0.05) is 54.6 Å². The molecule has 0 aromatic heterocycles. The molecule has 1 atom stereocenters. The van der Waals surface area contributed by atoms with Crippen LogP contribution < -0.4 is 11.1 Å². The van der Waals surface area contributed by atoms with Gasteiger partial charge in [-0.2, -0.15) is 0 Å². The Balaban J connectivity index is 2.05. The topological polar surface area (TPSA) is 81.4 Å². The highest BCUT2D eigenvalue weighted by molar-refractivity contribution is 5.75. The van der Waals surface area contributed by atoms with Gasteiger partial charge in [0.15, 0.2) is 0 Å². The number of benzene rings is 2. The second-order valence-electron chi connectivity index (χ2n) is 5.48. The van der Waals surface area contributed by atoms with Crippen LogP contribution in [-0.2, 0) is 16.0 Å². The van der Waals surface area contributed by atoms with E-state index in [1.807, 2.05) is 54.6 Å². The van der Waals surface area contributed by atoms with E-state index in [2.05, 4.69) is 5.32 Å². The third-order valence-corrected chi connectivity index (χ3v) is 3.61. The maximum Gasteiger partial charge on any atom is 0.312 e. The zero-order valence-corrected chi connectivity index (χ0v) is 13.7. The van der Waals surface area contributed by atoms with E-state index in [-0.39, 0.29) is 18.4 Å². The number of rotatable bonds is 7. The first-order chi connectivity index (χ1) is 11.6. The third kappa shape index (κ3) is 5.43. The smallest absolute Gasteiger partial charge is 0.312 e. The van der Waals surface area contributed by atoms with Gasteiger partial charge >= 0.3 is 12.0 Å². The summed E-state index contributed by atoms with van der Waals surface area (Å²) in [5, 5.41) is 2.60. The minimum Gasteiger partial charge on any atom is -0.466 e. The van der Waals surface area contributed by atoms with E-state index >= 15 is 0 Å². The quantitative estimate of drug-likeness (QED) is 0.768. The summed E-state index contributed by atoms with van der Waals surface area (Å²) < 4.78 is 4.94. The van der Waals surface area contributed by atoms with Crippen LogP contribution in [0.3, 0.4) is 0 Å². The maximum absolute atomic E-state index is 11.6. The Morgan fingerprint density at radius 2 is 1.67 bits per heavy atom. The molecule has 0 unspecified atom stereocenters. The van der Waals surface area contributed by atoms with Crippen LogP contribution in [0.2, 0.25) is 0 Å². The minimum atomic E-state index is -0.648. The van der Waals surface area contributed by atoms with E-state index in [9.17, 15) is 9.59 Å². The molecule has 126 valence electrons. The Morgan fingerprint density at radius 3 is 2.25 bits per heavy atom. The molecule has 0 fully saturated rings. The summed E-state index contributed by atoms with van der Waals surface area (Å²) in [4.78, 5) is 22.8. The fraction of sp³-hybridized carbons (Fsp3) is 0.263. The Hall–Kier alpha value is -2.82. The molecule has 0 radical (unpaired) electrons. The van der Waals surface area contributed by atoms with Crippen molar-refractivity contribution in [3.63, 3.8) is 0 Å². The lowest BCUT2D eigenvalue weighted by Crippen LogP contribution is -2.41. The molecule has 2 rings (SSSR count). The Bertz CT molecular complexity index is 669. The second-order valence-corrected chi connectivity index (χ2v) is 5.48. The summed E-state index contributed by atoms with van der Waals surface area (Å²) >= 11 is 0. The number of primary amides is 1. The van der Waals surface area contributed by atoms with Crippen molar-refractivity contribution in [1.29, 1.82) is 0 Å². The highest BCUT2D eigenvalue weighted by atomic mass is 16.5. The van der Waals surface area contributed by atoms with Crippen molar-refractivity contribution in [3.05, 3.63) is 60.2 Å². The van der Waals surface area contributed by atoms with Crippen molar-refractivity contribution in [1.82, 2.24) is 5.32 Å². The SMILES string of the molecule is CCOC(=O)C[C@@H](Cc1ccc(-c2ccccc2)cc1)NC(N)=O. The van der Waals surface area contributed by atoms with Gasteiger partial charge in [0.25, 0.3) is 0 Å². The Morgan fingerprint density at radius 1 is 1.04 bits per heavy atom. The van der Waals surface area contributed by atoms with Gasteiger partial charge in [0.05, 0.1) is 13.0 Å². The van der Waals surface area contributed by atoms with Gasteiger partial charge in [0.2, 0.25) is 0 Å². The van der Waals surface area contributed by atoms with E-state index in [0.29, 0.717) is 13.0 Å². The minimum absolute atomic E-state index is 0.0945. The van der Waals surface area contributed by atoms with Gasteiger partial charge < -0.3 is 15.8 Å². The molecule has 0 spiro atoms. The molecular formula is C19H22N2O3. The standard InChI is InChI=1S/C19H22N2O3/c1-2-24-18(22)13-17(21-19(20)23)12-14-8-10-16(11-9-14)15-6-4-3-5-7-15/h3-11,17H,2,12-13H2,1H3,(H3,20,21,23)/t17-/m1/s1. The van der Waals surface area contributed by atoms with E-state index in [1.54, 1.807) is 6.92 Å². The third-order valence-electron chi connectivity index (χ3n) is 3.61. The fourth-order valence-electron chi connectivity index (χ4n) is 2.54. The van der Waals surface area contributed by atoms with Crippen molar-refractivity contribution in [2.75, 3.05) is 6.61 Å². The number of hydrogen-bond donors (Lipinski definition) is 2. The molecule has 5 nitrogen and oxygen atoms in total. The van der Waals surface area contributed by atoms with Crippen molar-refractivity contribution < 1.29 is 14.3 Å². The van der Waals surface area contributed by atoms with Crippen LogP contribution >= 0.6 is 0 Å². The summed E-state index contributed by atoms with van der Waals surface area (Å²) in [6.07, 6.45) is 0.605. The highest BCUT2D eigenvalue weighted by Crippen LogP contribution is 2.20. The second kappa shape index (κ2) is 8.72. The molecule has 3 N–H and O–H groups in total. The maximum atomic E-state index is 11.6. The largest absolute Gasteiger partial charge is 0.466 e. The fourth-order valence-corrected chi connectivity index (χ4v) is 2.54. The summed E-state index contributed by atoms with van der Waals surface area (Å²) in [6, 6.07) is 17.1. The number of hydrogen-bond acceptors (Lipinski definition) is 3. The molecule has 0 heterocycles. The molecular weight excluding hydrogens is 304 g/mol. The summed E-state index contributed by atoms with van der Waals surface area (Å²) in [6.45, 7) is 2.06. The van der Waals surface area contributed by atoms with Crippen LogP contribution in [0.15, 0.2) is 54.6 Å². The molecule has 2 aromatic rings. The first-order valence-electron chi connectivity index (χ1n) is 7.94. The lowest BCUT2D eigenvalue weighted by molar-refractivity contribution is -0.143. The van der Waals surface area contributed by atoms with E-state index in [0.717, 1.165) is 16.7 Å². The molecule has 24 heavy (non-hydrogen) atoms. The number of esters is 1. The normalized spacial score (nSPS) is 11.5. The number of carbonyl (C=O) groups excluding carboxylic acids is 2. The Kier molecular flexibility index (Phi) is 6.37. The number of urea groups is 1. The van der Waals surface area contributed by atoms with Crippen LogP contribution in [0.25, 0.3) is 11.1 Å². The first kappa shape index (κ1) is 17.5. The van der Waals surface area contributed by atoms with E-state index in [4.69, 9.17) is 10.5 Å². The number of nitrogens with two attached hydrogens (primary N) is 1. The van der Waals surface area contributed by atoms with E-state index in [1.165, 1.54) is 0 Å². The number of amides is 2. The molecule has 0 aliphatic rings. The van der Waals surface area contributed by atoms with E-state index < -0.39 is 6.03 Å². The predicted molar refractivity (Wildman–Crippen MR) is 93.3 cm³/mol. The lowest BCUT2D eigenvalue weighted by atomic mass is 9.99. The predicted octanol–water partition coefficient (Wildman–Crippen LogP) is 2.89. The molecule has 0 aliphatic carbocycles. The van der Waals surface area contributed by atoms with Crippen LogP contribution in [0, 0.1) is 0 Å². The average Bonchev–Trinajstić information content (AvgIpc) is 2.56. The summed E-state index contributed by atoms with van der Waals surface area (Å²) in [7, 11) is 0. The van der Waals surface area contributed by atoms with Gasteiger partial charge in [-0.15, -0.1) is 0 Å². The first-order valence-corrected chi connectivity index (χ1v) is 7.94. The number of nitrogens with one attached hydrogen (secondary N) is 1. The van der Waals surface area contributed by atoms with Gasteiger partial charge in [0.1, 0.15) is 0 Å². The summed E-state index contributed by atoms with van der Waals surface area (Å²) in [5.74, 6) is -0.350.